The number of aliphatic imine (C=N–C) groups is 1. The molecule has 150 valence electrons. The van der Waals surface area contributed by atoms with Gasteiger partial charge in [-0.15, -0.1) is 24.0 Å². The zero-order valence-electron chi connectivity index (χ0n) is 17.2. The first-order valence-electron chi connectivity index (χ1n) is 9.61. The van der Waals surface area contributed by atoms with Crippen LogP contribution in [0.2, 0.25) is 0 Å². The van der Waals surface area contributed by atoms with E-state index in [-0.39, 0.29) is 29.4 Å². The van der Waals surface area contributed by atoms with Gasteiger partial charge in [0, 0.05) is 31.1 Å². The van der Waals surface area contributed by atoms with Crippen LogP contribution in [0, 0.1) is 0 Å². The summed E-state index contributed by atoms with van der Waals surface area (Å²) in [5.41, 5.74) is -0.0224. The standard InChI is InChI=1S/C19H35N5O.HI/c1-7-20-18(24-11-10-15(14-24)23(8-2)9-3)22-13-17-21-12-16(25-17)19(4,5)6;/h12,15H,7-11,13-14H2,1-6H3,(H,20,22);1H. The van der Waals surface area contributed by atoms with Crippen LogP contribution in [0.5, 0.6) is 0 Å². The van der Waals surface area contributed by atoms with Gasteiger partial charge >= 0.3 is 0 Å². The molecule has 6 nitrogen and oxygen atoms in total. The molecule has 2 heterocycles. The molecule has 7 heteroatoms. The van der Waals surface area contributed by atoms with E-state index in [1.165, 1.54) is 6.42 Å². The highest BCUT2D eigenvalue weighted by Crippen LogP contribution is 2.23. The number of likely N-dealkylation sites (N-methyl/N-ethyl adjacent to an activating group) is 1. The molecule has 1 aromatic rings. The molecule has 0 bridgehead atoms. The van der Waals surface area contributed by atoms with Crippen molar-refractivity contribution >= 4 is 29.9 Å². The quantitative estimate of drug-likeness (QED) is 0.387. The van der Waals surface area contributed by atoms with Crippen LogP contribution in [-0.4, -0.2) is 59.5 Å². The number of halogens is 1. The Kier molecular flexibility index (Phi) is 9.36. The summed E-state index contributed by atoms with van der Waals surface area (Å²) in [6, 6.07) is 0.619. The van der Waals surface area contributed by atoms with Crippen LogP contribution in [0.3, 0.4) is 0 Å². The zero-order valence-corrected chi connectivity index (χ0v) is 19.5. The van der Waals surface area contributed by atoms with Crippen LogP contribution in [-0.2, 0) is 12.0 Å². The molecule has 1 N–H and O–H groups in total. The van der Waals surface area contributed by atoms with E-state index >= 15 is 0 Å². The maximum atomic E-state index is 5.86. The van der Waals surface area contributed by atoms with Crippen molar-refractivity contribution in [2.45, 2.75) is 66.0 Å². The molecule has 0 amide bonds. The number of nitrogens with zero attached hydrogens (tertiary/aromatic N) is 4. The van der Waals surface area contributed by atoms with E-state index in [1.54, 1.807) is 0 Å². The molecule has 0 spiro atoms. The van der Waals surface area contributed by atoms with E-state index in [9.17, 15) is 0 Å². The molecular formula is C19H36IN5O. The molecule has 1 aliphatic heterocycles. The molecule has 26 heavy (non-hydrogen) atoms. The highest BCUT2D eigenvalue weighted by Gasteiger charge is 2.28. The molecule has 1 fully saturated rings. The van der Waals surface area contributed by atoms with Crippen LogP contribution in [0.15, 0.2) is 15.6 Å². The highest BCUT2D eigenvalue weighted by atomic mass is 127. The molecule has 0 aliphatic carbocycles. The average Bonchev–Trinajstić information content (AvgIpc) is 3.22. The first-order chi connectivity index (χ1) is 11.9. The second-order valence-corrected chi connectivity index (χ2v) is 7.65. The largest absolute Gasteiger partial charge is 0.443 e. The lowest BCUT2D eigenvalue weighted by molar-refractivity contribution is 0.223. The fourth-order valence-corrected chi connectivity index (χ4v) is 3.27. The fraction of sp³-hybridized carbons (Fsp3) is 0.789. The summed E-state index contributed by atoms with van der Waals surface area (Å²) in [5, 5.41) is 3.42. The van der Waals surface area contributed by atoms with Crippen molar-refractivity contribution in [1.29, 1.82) is 0 Å². The molecule has 0 aromatic carbocycles. The van der Waals surface area contributed by atoms with E-state index in [4.69, 9.17) is 9.41 Å². The zero-order chi connectivity index (χ0) is 18.4. The van der Waals surface area contributed by atoms with Gasteiger partial charge in [0.2, 0.25) is 5.89 Å². The van der Waals surface area contributed by atoms with Gasteiger partial charge in [-0.3, -0.25) is 4.90 Å². The SMILES string of the molecule is CCNC(=NCc1ncc(C(C)(C)C)o1)N1CCC(N(CC)CC)C1.I. The van der Waals surface area contributed by atoms with Crippen molar-refractivity contribution in [2.75, 3.05) is 32.7 Å². The minimum atomic E-state index is -0.0224. The number of oxazole rings is 1. The summed E-state index contributed by atoms with van der Waals surface area (Å²) in [7, 11) is 0. The summed E-state index contributed by atoms with van der Waals surface area (Å²) in [6.45, 7) is 18.6. The summed E-state index contributed by atoms with van der Waals surface area (Å²) in [4.78, 5) is 14.0. The molecule has 1 aromatic heterocycles. The Hall–Kier alpha value is -0.830. The predicted octanol–water partition coefficient (Wildman–Crippen LogP) is 3.47. The van der Waals surface area contributed by atoms with Crippen LogP contribution in [0.1, 0.15) is 59.6 Å². The lowest BCUT2D eigenvalue weighted by Gasteiger charge is -2.27. The van der Waals surface area contributed by atoms with E-state index in [1.807, 2.05) is 6.20 Å². The van der Waals surface area contributed by atoms with E-state index in [0.717, 1.165) is 44.4 Å². The number of hydrogen-bond acceptors (Lipinski definition) is 4. The lowest BCUT2D eigenvalue weighted by atomic mass is 9.94. The third kappa shape index (κ3) is 6.11. The Balaban J connectivity index is 0.00000338. The molecule has 0 saturated carbocycles. The van der Waals surface area contributed by atoms with Crippen molar-refractivity contribution in [3.8, 4) is 0 Å². The third-order valence-electron chi connectivity index (χ3n) is 4.78. The Morgan fingerprint density at radius 2 is 2.04 bits per heavy atom. The van der Waals surface area contributed by atoms with Crippen molar-refractivity contribution < 1.29 is 4.42 Å². The van der Waals surface area contributed by atoms with Gasteiger partial charge in [0.05, 0.1) is 6.20 Å². The molecule has 1 aliphatic rings. The Morgan fingerprint density at radius 3 is 2.58 bits per heavy atom. The maximum Gasteiger partial charge on any atom is 0.216 e. The highest BCUT2D eigenvalue weighted by molar-refractivity contribution is 14.0. The molecule has 0 radical (unpaired) electrons. The summed E-state index contributed by atoms with van der Waals surface area (Å²) < 4.78 is 5.86. The first kappa shape index (κ1) is 23.2. The van der Waals surface area contributed by atoms with Crippen molar-refractivity contribution in [3.63, 3.8) is 0 Å². The minimum Gasteiger partial charge on any atom is -0.443 e. The summed E-state index contributed by atoms with van der Waals surface area (Å²) in [6.07, 6.45) is 3.02. The predicted molar refractivity (Wildman–Crippen MR) is 118 cm³/mol. The van der Waals surface area contributed by atoms with Gasteiger partial charge < -0.3 is 14.6 Å². The average molecular weight is 477 g/mol. The smallest absolute Gasteiger partial charge is 0.216 e. The van der Waals surface area contributed by atoms with Crippen molar-refractivity contribution in [3.05, 3.63) is 17.8 Å². The molecule has 1 unspecified atom stereocenters. The van der Waals surface area contributed by atoms with Crippen LogP contribution in [0.25, 0.3) is 0 Å². The van der Waals surface area contributed by atoms with Crippen molar-refractivity contribution in [1.82, 2.24) is 20.1 Å². The molecule has 1 atom stereocenters. The van der Waals surface area contributed by atoms with Gasteiger partial charge in [-0.25, -0.2) is 9.98 Å². The number of aromatic nitrogens is 1. The number of likely N-dealkylation sites (tertiary alicyclic amines) is 1. The number of nitrogens with one attached hydrogen (secondary N) is 1. The lowest BCUT2D eigenvalue weighted by Crippen LogP contribution is -2.43. The second-order valence-electron chi connectivity index (χ2n) is 7.65. The third-order valence-corrected chi connectivity index (χ3v) is 4.78. The van der Waals surface area contributed by atoms with Crippen LogP contribution >= 0.6 is 24.0 Å². The topological polar surface area (TPSA) is 56.9 Å². The Bertz CT molecular complexity index is 563. The molecule has 2 rings (SSSR count). The number of rotatable bonds is 6. The normalized spacial score (nSPS) is 18.3. The molecule has 1 saturated heterocycles. The number of guanidine groups is 1. The fourth-order valence-electron chi connectivity index (χ4n) is 3.27. The van der Waals surface area contributed by atoms with Crippen LogP contribution < -0.4 is 5.32 Å². The minimum absolute atomic E-state index is 0. The van der Waals surface area contributed by atoms with Gasteiger partial charge in [0.15, 0.2) is 5.96 Å². The van der Waals surface area contributed by atoms with Gasteiger partial charge in [-0.1, -0.05) is 34.6 Å². The molecular weight excluding hydrogens is 441 g/mol. The monoisotopic (exact) mass is 477 g/mol. The summed E-state index contributed by atoms with van der Waals surface area (Å²) >= 11 is 0. The first-order valence-corrected chi connectivity index (χ1v) is 9.61. The van der Waals surface area contributed by atoms with E-state index < -0.39 is 0 Å². The van der Waals surface area contributed by atoms with Gasteiger partial charge in [-0.05, 0) is 26.4 Å². The van der Waals surface area contributed by atoms with Gasteiger partial charge in [0.25, 0.3) is 0 Å². The van der Waals surface area contributed by atoms with Gasteiger partial charge in [-0.2, -0.15) is 0 Å². The second kappa shape index (κ2) is 10.5. The van der Waals surface area contributed by atoms with Gasteiger partial charge in [0.1, 0.15) is 12.3 Å². The van der Waals surface area contributed by atoms with Crippen molar-refractivity contribution in [2.24, 2.45) is 4.99 Å². The van der Waals surface area contributed by atoms with E-state index in [0.29, 0.717) is 18.5 Å². The Labute approximate surface area is 175 Å². The maximum absolute atomic E-state index is 5.86. The summed E-state index contributed by atoms with van der Waals surface area (Å²) in [5.74, 6) is 2.55. The number of hydrogen-bond donors (Lipinski definition) is 1. The Morgan fingerprint density at radius 1 is 1.35 bits per heavy atom. The van der Waals surface area contributed by atoms with E-state index in [2.05, 4.69) is 61.6 Å². The van der Waals surface area contributed by atoms with Crippen LogP contribution in [0.4, 0.5) is 0 Å².